The number of hydrogen-bond acceptors (Lipinski definition) is 4. The smallest absolute Gasteiger partial charge is 0.272 e. The van der Waals surface area contributed by atoms with Gasteiger partial charge in [0.05, 0.1) is 10.6 Å². The number of amides is 1. The molecule has 2 aromatic rings. The summed E-state index contributed by atoms with van der Waals surface area (Å²) < 4.78 is 0. The lowest BCUT2D eigenvalue weighted by Gasteiger charge is -2.23. The maximum absolute atomic E-state index is 12.1. The molecule has 1 aliphatic heterocycles. The van der Waals surface area contributed by atoms with Crippen molar-refractivity contribution in [1.82, 2.24) is 20.8 Å². The van der Waals surface area contributed by atoms with E-state index in [0.29, 0.717) is 5.69 Å². The van der Waals surface area contributed by atoms with Crippen LogP contribution in [-0.4, -0.2) is 35.2 Å². The van der Waals surface area contributed by atoms with Crippen LogP contribution in [-0.2, 0) is 0 Å². The summed E-state index contributed by atoms with van der Waals surface area (Å²) in [4.78, 5) is 13.2. The van der Waals surface area contributed by atoms with E-state index in [4.69, 9.17) is 0 Å². The molecule has 7 heteroatoms. The number of nitrogens with one attached hydrogen (secondary N) is 3. The molecule has 0 unspecified atom stereocenters. The standard InChI is InChI=1S/C13H16N4OS.ClH/c18-13(15-9-3-1-5-14-8-9)11-7-10(16-17-11)12-4-2-6-19-12;/h2,4,6-7,9,14H,1,3,5,8H2,(H,15,18)(H,16,17);1H/t9-;/m0./s1. The van der Waals surface area contributed by atoms with Crippen LogP contribution in [0.25, 0.3) is 10.6 Å². The van der Waals surface area contributed by atoms with Crippen LogP contribution in [0.5, 0.6) is 0 Å². The van der Waals surface area contributed by atoms with Gasteiger partial charge in [-0.15, -0.1) is 23.7 Å². The fourth-order valence-electron chi connectivity index (χ4n) is 2.23. The number of thiophene rings is 1. The van der Waals surface area contributed by atoms with Crippen LogP contribution in [0.1, 0.15) is 23.3 Å². The third kappa shape index (κ3) is 3.39. The largest absolute Gasteiger partial charge is 0.347 e. The predicted octanol–water partition coefficient (Wildman–Crippen LogP) is 2.04. The van der Waals surface area contributed by atoms with Crippen LogP contribution in [0, 0.1) is 0 Å². The lowest BCUT2D eigenvalue weighted by Crippen LogP contribution is -2.45. The van der Waals surface area contributed by atoms with Crippen molar-refractivity contribution >= 4 is 29.7 Å². The molecular formula is C13H17ClN4OS. The Morgan fingerprint density at radius 2 is 2.40 bits per heavy atom. The lowest BCUT2D eigenvalue weighted by atomic mass is 10.1. The molecule has 5 nitrogen and oxygen atoms in total. The van der Waals surface area contributed by atoms with Gasteiger partial charge in [-0.25, -0.2) is 0 Å². The quantitative estimate of drug-likeness (QED) is 0.812. The molecule has 1 atom stereocenters. The van der Waals surface area contributed by atoms with Gasteiger partial charge in [-0.1, -0.05) is 6.07 Å². The number of piperidine rings is 1. The highest BCUT2D eigenvalue weighted by atomic mass is 35.5. The summed E-state index contributed by atoms with van der Waals surface area (Å²) in [6.07, 6.45) is 2.13. The van der Waals surface area contributed by atoms with Gasteiger partial charge in [-0.2, -0.15) is 5.10 Å². The molecule has 0 aliphatic carbocycles. The fourth-order valence-corrected chi connectivity index (χ4v) is 2.92. The molecule has 0 spiro atoms. The summed E-state index contributed by atoms with van der Waals surface area (Å²) >= 11 is 1.62. The van der Waals surface area contributed by atoms with Crippen LogP contribution in [0.15, 0.2) is 23.6 Å². The maximum Gasteiger partial charge on any atom is 0.272 e. The topological polar surface area (TPSA) is 69.8 Å². The highest BCUT2D eigenvalue weighted by Crippen LogP contribution is 2.22. The van der Waals surface area contributed by atoms with E-state index in [1.807, 2.05) is 17.5 Å². The Morgan fingerprint density at radius 3 is 3.10 bits per heavy atom. The Labute approximate surface area is 127 Å². The lowest BCUT2D eigenvalue weighted by molar-refractivity contribution is 0.0925. The minimum absolute atomic E-state index is 0. The third-order valence-electron chi connectivity index (χ3n) is 3.23. The van der Waals surface area contributed by atoms with Gasteiger partial charge >= 0.3 is 0 Å². The molecule has 0 bridgehead atoms. The van der Waals surface area contributed by atoms with Gasteiger partial charge in [0.1, 0.15) is 0 Å². The Hall–Kier alpha value is -1.37. The van der Waals surface area contributed by atoms with Crippen LogP contribution in [0.4, 0.5) is 0 Å². The minimum Gasteiger partial charge on any atom is -0.347 e. The Bertz CT molecular complexity index is 548. The zero-order chi connectivity index (χ0) is 13.1. The van der Waals surface area contributed by atoms with Crippen LogP contribution in [0.2, 0.25) is 0 Å². The molecule has 3 heterocycles. The van der Waals surface area contributed by atoms with Crippen LogP contribution < -0.4 is 10.6 Å². The van der Waals surface area contributed by atoms with E-state index < -0.39 is 0 Å². The van der Waals surface area contributed by atoms with Crippen molar-refractivity contribution in [2.24, 2.45) is 0 Å². The second kappa shape index (κ2) is 6.88. The summed E-state index contributed by atoms with van der Waals surface area (Å²) in [6.45, 7) is 1.88. The fraction of sp³-hybridized carbons (Fsp3) is 0.385. The molecule has 1 fully saturated rings. The van der Waals surface area contributed by atoms with E-state index in [9.17, 15) is 4.79 Å². The highest BCUT2D eigenvalue weighted by Gasteiger charge is 2.18. The first kappa shape index (κ1) is 15.0. The van der Waals surface area contributed by atoms with Gasteiger partial charge in [0.15, 0.2) is 5.69 Å². The van der Waals surface area contributed by atoms with Gasteiger partial charge in [0.2, 0.25) is 0 Å². The van der Waals surface area contributed by atoms with Gasteiger partial charge in [-0.05, 0) is 36.9 Å². The number of aromatic nitrogens is 2. The van der Waals surface area contributed by atoms with Crippen molar-refractivity contribution in [2.45, 2.75) is 18.9 Å². The van der Waals surface area contributed by atoms with Gasteiger partial charge in [0.25, 0.3) is 5.91 Å². The van der Waals surface area contributed by atoms with Crippen LogP contribution >= 0.6 is 23.7 Å². The Kier molecular flexibility index (Phi) is 5.17. The molecule has 0 saturated carbocycles. The zero-order valence-corrected chi connectivity index (χ0v) is 12.5. The molecule has 0 aromatic carbocycles. The van der Waals surface area contributed by atoms with Crippen molar-refractivity contribution in [3.05, 3.63) is 29.3 Å². The summed E-state index contributed by atoms with van der Waals surface area (Å²) in [7, 11) is 0. The van der Waals surface area contributed by atoms with E-state index >= 15 is 0 Å². The highest BCUT2D eigenvalue weighted by molar-refractivity contribution is 7.13. The molecular weight excluding hydrogens is 296 g/mol. The number of halogens is 1. The molecule has 0 radical (unpaired) electrons. The molecule has 108 valence electrons. The van der Waals surface area contributed by atoms with Crippen molar-refractivity contribution in [1.29, 1.82) is 0 Å². The first-order chi connectivity index (χ1) is 9.33. The Morgan fingerprint density at radius 1 is 1.50 bits per heavy atom. The summed E-state index contributed by atoms with van der Waals surface area (Å²) in [5, 5.41) is 15.3. The SMILES string of the molecule is Cl.O=C(N[C@H]1CCCNC1)c1cc(-c2cccs2)[nH]n1. The normalized spacial score (nSPS) is 18.3. The number of H-pyrrole nitrogens is 1. The number of nitrogens with zero attached hydrogens (tertiary/aromatic N) is 1. The van der Waals surface area contributed by atoms with Crippen molar-refractivity contribution in [2.75, 3.05) is 13.1 Å². The van der Waals surface area contributed by atoms with Crippen molar-refractivity contribution in [3.8, 4) is 10.6 Å². The second-order valence-electron chi connectivity index (χ2n) is 4.66. The molecule has 1 amide bonds. The average molecular weight is 313 g/mol. The number of aromatic amines is 1. The summed E-state index contributed by atoms with van der Waals surface area (Å²) in [5.41, 5.74) is 1.34. The predicted molar refractivity (Wildman–Crippen MR) is 82.5 cm³/mol. The molecule has 20 heavy (non-hydrogen) atoms. The number of carbonyl (C=O) groups is 1. The van der Waals surface area contributed by atoms with E-state index in [0.717, 1.165) is 36.5 Å². The monoisotopic (exact) mass is 312 g/mol. The molecule has 3 rings (SSSR count). The Balaban J connectivity index is 0.00000147. The second-order valence-corrected chi connectivity index (χ2v) is 5.61. The van der Waals surface area contributed by atoms with E-state index in [1.165, 1.54) is 0 Å². The minimum atomic E-state index is -0.104. The van der Waals surface area contributed by atoms with Gasteiger partial charge in [0, 0.05) is 12.6 Å². The van der Waals surface area contributed by atoms with Gasteiger partial charge in [-0.3, -0.25) is 9.89 Å². The summed E-state index contributed by atoms with van der Waals surface area (Å²) in [6, 6.07) is 6.00. The zero-order valence-electron chi connectivity index (χ0n) is 10.9. The number of carbonyl (C=O) groups excluding carboxylic acids is 1. The molecule has 3 N–H and O–H groups in total. The average Bonchev–Trinajstić information content (AvgIpc) is 3.11. The maximum atomic E-state index is 12.1. The van der Waals surface area contributed by atoms with Crippen molar-refractivity contribution in [3.63, 3.8) is 0 Å². The first-order valence-corrected chi connectivity index (χ1v) is 7.32. The number of rotatable bonds is 3. The van der Waals surface area contributed by atoms with Crippen LogP contribution in [0.3, 0.4) is 0 Å². The molecule has 1 aliphatic rings. The summed E-state index contributed by atoms with van der Waals surface area (Å²) in [5.74, 6) is -0.104. The number of hydrogen-bond donors (Lipinski definition) is 3. The van der Waals surface area contributed by atoms with E-state index in [1.54, 1.807) is 17.4 Å². The molecule has 2 aromatic heterocycles. The van der Waals surface area contributed by atoms with Gasteiger partial charge < -0.3 is 10.6 Å². The van der Waals surface area contributed by atoms with E-state index in [-0.39, 0.29) is 24.4 Å². The first-order valence-electron chi connectivity index (χ1n) is 6.44. The third-order valence-corrected chi connectivity index (χ3v) is 4.13. The van der Waals surface area contributed by atoms with Crippen molar-refractivity contribution < 1.29 is 4.79 Å². The molecule has 1 saturated heterocycles. The van der Waals surface area contributed by atoms with E-state index in [2.05, 4.69) is 20.8 Å².